The standard InChI is InChI=1S/C10H11NO2/c1-13-10(12)11-8-7-9-5-3-2-4-6-9/h2-8H,1H3,(H,11,12)/b8-7-. The molecular formula is C10H11NO2. The number of benzene rings is 1. The van der Waals surface area contributed by atoms with Gasteiger partial charge in [-0.15, -0.1) is 0 Å². The zero-order chi connectivity index (χ0) is 9.52. The first kappa shape index (κ1) is 9.32. The van der Waals surface area contributed by atoms with Crippen molar-refractivity contribution in [3.8, 4) is 0 Å². The van der Waals surface area contributed by atoms with Crippen LogP contribution >= 0.6 is 0 Å². The van der Waals surface area contributed by atoms with Crippen molar-refractivity contribution in [3.05, 3.63) is 42.1 Å². The van der Waals surface area contributed by atoms with Crippen LogP contribution in [-0.2, 0) is 4.74 Å². The molecule has 0 aromatic heterocycles. The summed E-state index contributed by atoms with van der Waals surface area (Å²) < 4.78 is 4.39. The van der Waals surface area contributed by atoms with Crippen LogP contribution in [0.15, 0.2) is 36.5 Å². The molecule has 13 heavy (non-hydrogen) atoms. The van der Waals surface area contributed by atoms with E-state index in [0.717, 1.165) is 5.56 Å². The van der Waals surface area contributed by atoms with E-state index in [1.54, 1.807) is 12.3 Å². The lowest BCUT2D eigenvalue weighted by Crippen LogP contribution is -2.15. The molecule has 0 radical (unpaired) electrons. The summed E-state index contributed by atoms with van der Waals surface area (Å²) in [5.74, 6) is 0. The number of alkyl carbamates (subject to hydrolysis) is 1. The number of rotatable bonds is 2. The van der Waals surface area contributed by atoms with Gasteiger partial charge in [-0.2, -0.15) is 0 Å². The Hall–Kier alpha value is -1.77. The molecule has 1 aromatic rings. The SMILES string of the molecule is COC(=O)N/C=C\c1ccccc1. The molecule has 1 rings (SSSR count). The summed E-state index contributed by atoms with van der Waals surface area (Å²) in [5.41, 5.74) is 1.03. The van der Waals surface area contributed by atoms with Crippen molar-refractivity contribution in [2.75, 3.05) is 7.11 Å². The number of nitrogens with one attached hydrogen (secondary N) is 1. The number of ether oxygens (including phenoxy) is 1. The van der Waals surface area contributed by atoms with E-state index >= 15 is 0 Å². The molecule has 0 saturated heterocycles. The Bertz CT molecular complexity index is 293. The predicted octanol–water partition coefficient (Wildman–Crippen LogP) is 2.01. The molecule has 3 heteroatoms. The van der Waals surface area contributed by atoms with Gasteiger partial charge in [-0.25, -0.2) is 4.79 Å². The van der Waals surface area contributed by atoms with Gasteiger partial charge in [0.1, 0.15) is 0 Å². The lowest BCUT2D eigenvalue weighted by molar-refractivity contribution is 0.175. The fraction of sp³-hybridized carbons (Fsp3) is 0.100. The highest BCUT2D eigenvalue weighted by molar-refractivity contribution is 5.69. The van der Waals surface area contributed by atoms with Crippen molar-refractivity contribution in [2.45, 2.75) is 0 Å². The summed E-state index contributed by atoms with van der Waals surface area (Å²) in [6, 6.07) is 9.67. The van der Waals surface area contributed by atoms with Crippen molar-refractivity contribution < 1.29 is 9.53 Å². The van der Waals surface area contributed by atoms with Crippen LogP contribution < -0.4 is 5.32 Å². The van der Waals surface area contributed by atoms with Gasteiger partial charge in [-0.3, -0.25) is 5.32 Å². The maximum Gasteiger partial charge on any atom is 0.410 e. The maximum atomic E-state index is 10.6. The fourth-order valence-corrected chi connectivity index (χ4v) is 0.829. The second-order valence-corrected chi connectivity index (χ2v) is 2.38. The summed E-state index contributed by atoms with van der Waals surface area (Å²) >= 11 is 0. The summed E-state index contributed by atoms with van der Waals surface area (Å²) in [6.45, 7) is 0. The largest absolute Gasteiger partial charge is 0.453 e. The molecule has 0 heterocycles. The molecule has 1 N–H and O–H groups in total. The van der Waals surface area contributed by atoms with Gasteiger partial charge in [0, 0.05) is 6.20 Å². The lowest BCUT2D eigenvalue weighted by atomic mass is 10.2. The number of amides is 1. The Morgan fingerprint density at radius 3 is 2.69 bits per heavy atom. The summed E-state index contributed by atoms with van der Waals surface area (Å²) in [4.78, 5) is 10.6. The second-order valence-electron chi connectivity index (χ2n) is 2.38. The Morgan fingerprint density at radius 2 is 2.08 bits per heavy atom. The van der Waals surface area contributed by atoms with Crippen LogP contribution in [0.2, 0.25) is 0 Å². The van der Waals surface area contributed by atoms with Crippen LogP contribution in [0, 0.1) is 0 Å². The molecule has 0 aliphatic heterocycles. The highest BCUT2D eigenvalue weighted by Gasteiger charge is 1.90. The van der Waals surface area contributed by atoms with E-state index in [0.29, 0.717) is 0 Å². The topological polar surface area (TPSA) is 38.3 Å². The van der Waals surface area contributed by atoms with Crippen molar-refractivity contribution in [1.29, 1.82) is 0 Å². The van der Waals surface area contributed by atoms with Crippen molar-refractivity contribution in [1.82, 2.24) is 5.32 Å². The van der Waals surface area contributed by atoms with Gasteiger partial charge in [0.25, 0.3) is 0 Å². The summed E-state index contributed by atoms with van der Waals surface area (Å²) in [5, 5.41) is 2.44. The molecule has 68 valence electrons. The van der Waals surface area contributed by atoms with Crippen LogP contribution in [0.25, 0.3) is 6.08 Å². The third-order valence-corrected chi connectivity index (χ3v) is 1.46. The van der Waals surface area contributed by atoms with E-state index in [2.05, 4.69) is 10.1 Å². The molecule has 0 aliphatic rings. The van der Waals surface area contributed by atoms with E-state index in [4.69, 9.17) is 0 Å². The Labute approximate surface area is 77.0 Å². The highest BCUT2D eigenvalue weighted by Crippen LogP contribution is 1.99. The minimum atomic E-state index is -0.466. The van der Waals surface area contributed by atoms with Gasteiger partial charge in [-0.1, -0.05) is 30.3 Å². The average Bonchev–Trinajstić information content (AvgIpc) is 2.19. The van der Waals surface area contributed by atoms with Gasteiger partial charge in [0.15, 0.2) is 0 Å². The molecule has 0 unspecified atom stereocenters. The van der Waals surface area contributed by atoms with Crippen LogP contribution in [0.1, 0.15) is 5.56 Å². The van der Waals surface area contributed by atoms with Crippen molar-refractivity contribution in [2.24, 2.45) is 0 Å². The van der Waals surface area contributed by atoms with Crippen LogP contribution in [-0.4, -0.2) is 13.2 Å². The molecule has 0 bridgehead atoms. The smallest absolute Gasteiger partial charge is 0.410 e. The van der Waals surface area contributed by atoms with E-state index in [9.17, 15) is 4.79 Å². The lowest BCUT2D eigenvalue weighted by Gasteiger charge is -1.95. The first-order valence-electron chi connectivity index (χ1n) is 3.89. The molecule has 3 nitrogen and oxygen atoms in total. The van der Waals surface area contributed by atoms with Gasteiger partial charge < -0.3 is 4.74 Å². The molecule has 1 aromatic carbocycles. The summed E-state index contributed by atoms with van der Waals surface area (Å²) in [6.07, 6.45) is 2.87. The van der Waals surface area contributed by atoms with Crippen LogP contribution in [0.4, 0.5) is 4.79 Å². The minimum Gasteiger partial charge on any atom is -0.453 e. The first-order valence-corrected chi connectivity index (χ1v) is 3.89. The highest BCUT2D eigenvalue weighted by atomic mass is 16.5. The van der Waals surface area contributed by atoms with E-state index in [1.165, 1.54) is 7.11 Å². The third kappa shape index (κ3) is 3.42. The maximum absolute atomic E-state index is 10.6. The number of hydrogen-bond acceptors (Lipinski definition) is 2. The molecular weight excluding hydrogens is 166 g/mol. The zero-order valence-corrected chi connectivity index (χ0v) is 7.36. The normalized spacial score (nSPS) is 9.92. The van der Waals surface area contributed by atoms with E-state index in [-0.39, 0.29) is 0 Å². The average molecular weight is 177 g/mol. The van der Waals surface area contributed by atoms with Crippen LogP contribution in [0.5, 0.6) is 0 Å². The van der Waals surface area contributed by atoms with Gasteiger partial charge in [0.05, 0.1) is 7.11 Å². The molecule has 0 spiro atoms. The number of carbonyl (C=O) groups is 1. The third-order valence-electron chi connectivity index (χ3n) is 1.46. The molecule has 0 fully saturated rings. The van der Waals surface area contributed by atoms with Crippen molar-refractivity contribution >= 4 is 12.2 Å². The van der Waals surface area contributed by atoms with Gasteiger partial charge >= 0.3 is 6.09 Å². The Morgan fingerprint density at radius 1 is 1.38 bits per heavy atom. The Kier molecular flexibility index (Phi) is 3.57. The van der Waals surface area contributed by atoms with Crippen molar-refractivity contribution in [3.63, 3.8) is 0 Å². The fourth-order valence-electron chi connectivity index (χ4n) is 0.829. The van der Waals surface area contributed by atoms with Gasteiger partial charge in [0.2, 0.25) is 0 Å². The Balaban J connectivity index is 2.45. The van der Waals surface area contributed by atoms with E-state index < -0.39 is 6.09 Å². The molecule has 0 saturated carbocycles. The monoisotopic (exact) mass is 177 g/mol. The number of carbonyl (C=O) groups excluding carboxylic acids is 1. The molecule has 1 amide bonds. The van der Waals surface area contributed by atoms with E-state index in [1.807, 2.05) is 30.3 Å². The van der Waals surface area contributed by atoms with Gasteiger partial charge in [-0.05, 0) is 11.6 Å². The predicted molar refractivity (Wildman–Crippen MR) is 51.0 cm³/mol. The molecule has 0 atom stereocenters. The summed E-state index contributed by atoms with van der Waals surface area (Å²) in [7, 11) is 1.33. The molecule has 0 aliphatic carbocycles. The number of hydrogen-bond donors (Lipinski definition) is 1. The second kappa shape index (κ2) is 4.98. The minimum absolute atomic E-state index is 0.466. The zero-order valence-electron chi connectivity index (χ0n) is 7.36. The number of methoxy groups -OCH3 is 1. The van der Waals surface area contributed by atoms with Crippen LogP contribution in [0.3, 0.4) is 0 Å². The first-order chi connectivity index (χ1) is 6.33. The quantitative estimate of drug-likeness (QED) is 0.750.